The van der Waals surface area contributed by atoms with Gasteiger partial charge in [0.05, 0.1) is 6.04 Å². The molecule has 2 heterocycles. The number of anilines is 2. The first-order chi connectivity index (χ1) is 14.1. The van der Waals surface area contributed by atoms with Crippen LogP contribution in [0.15, 0.2) is 66.9 Å². The molecule has 7 heteroatoms. The Bertz CT molecular complexity index is 1010. The van der Waals surface area contributed by atoms with Crippen molar-refractivity contribution in [2.75, 3.05) is 17.2 Å². The van der Waals surface area contributed by atoms with Crippen LogP contribution in [-0.2, 0) is 4.79 Å². The van der Waals surface area contributed by atoms with Crippen LogP contribution in [0.3, 0.4) is 0 Å². The van der Waals surface area contributed by atoms with Crippen molar-refractivity contribution in [3.05, 3.63) is 78.0 Å². The molecule has 1 saturated heterocycles. The fourth-order valence-electron chi connectivity index (χ4n) is 3.49. The number of carbonyl (C=O) groups is 2. The maximum absolute atomic E-state index is 12.4. The standard InChI is InChI=1S/C22H23N5O2/c1-15(16-6-3-2-4-7-16)27-11-10-20(26-27)25-22(29)24-19-9-5-8-17(12-19)18-13-21(28)23-14-18/h2-12,15,18H,13-14H2,1H3,(H,23,28)(H2,24,25,26,29). The van der Waals surface area contributed by atoms with Gasteiger partial charge in [0.15, 0.2) is 5.82 Å². The van der Waals surface area contributed by atoms with Gasteiger partial charge in [-0.1, -0.05) is 42.5 Å². The highest BCUT2D eigenvalue weighted by molar-refractivity contribution is 5.99. The summed E-state index contributed by atoms with van der Waals surface area (Å²) >= 11 is 0. The third-order valence-electron chi connectivity index (χ3n) is 5.12. The highest BCUT2D eigenvalue weighted by Gasteiger charge is 2.23. The highest BCUT2D eigenvalue weighted by atomic mass is 16.2. The molecular weight excluding hydrogens is 366 g/mol. The van der Waals surface area contributed by atoms with Crippen molar-refractivity contribution in [3.8, 4) is 0 Å². The van der Waals surface area contributed by atoms with Gasteiger partial charge < -0.3 is 10.6 Å². The Hall–Kier alpha value is -3.61. The molecule has 0 aliphatic carbocycles. The van der Waals surface area contributed by atoms with Crippen molar-refractivity contribution in [1.29, 1.82) is 0 Å². The second-order valence-corrected chi connectivity index (χ2v) is 7.18. The summed E-state index contributed by atoms with van der Waals surface area (Å²) in [6.07, 6.45) is 2.32. The van der Waals surface area contributed by atoms with Crippen LogP contribution in [0.5, 0.6) is 0 Å². The van der Waals surface area contributed by atoms with Gasteiger partial charge in [-0.25, -0.2) is 4.79 Å². The number of aromatic nitrogens is 2. The van der Waals surface area contributed by atoms with Crippen LogP contribution in [0.2, 0.25) is 0 Å². The lowest BCUT2D eigenvalue weighted by Crippen LogP contribution is -2.20. The number of rotatable bonds is 5. The van der Waals surface area contributed by atoms with E-state index in [2.05, 4.69) is 28.0 Å². The minimum atomic E-state index is -0.361. The summed E-state index contributed by atoms with van der Waals surface area (Å²) in [5.41, 5.74) is 2.85. The van der Waals surface area contributed by atoms with E-state index in [1.807, 2.05) is 65.5 Å². The number of hydrogen-bond donors (Lipinski definition) is 3. The van der Waals surface area contributed by atoms with E-state index in [1.54, 1.807) is 6.07 Å². The Labute approximate surface area is 169 Å². The number of carbonyl (C=O) groups excluding carboxylic acids is 2. The number of amides is 3. The smallest absolute Gasteiger partial charge is 0.324 e. The molecule has 0 bridgehead atoms. The lowest BCUT2D eigenvalue weighted by Gasteiger charge is -2.12. The molecule has 3 amide bonds. The van der Waals surface area contributed by atoms with E-state index in [1.165, 1.54) is 0 Å². The van der Waals surface area contributed by atoms with E-state index in [4.69, 9.17) is 0 Å². The molecule has 29 heavy (non-hydrogen) atoms. The molecule has 2 aromatic carbocycles. The lowest BCUT2D eigenvalue weighted by atomic mass is 9.98. The van der Waals surface area contributed by atoms with E-state index in [0.717, 1.165) is 11.1 Å². The third kappa shape index (κ3) is 4.45. The predicted octanol–water partition coefficient (Wildman–Crippen LogP) is 3.74. The summed E-state index contributed by atoms with van der Waals surface area (Å²) in [7, 11) is 0. The third-order valence-corrected chi connectivity index (χ3v) is 5.12. The van der Waals surface area contributed by atoms with Gasteiger partial charge in [0, 0.05) is 36.8 Å². The van der Waals surface area contributed by atoms with Crippen molar-refractivity contribution in [2.24, 2.45) is 0 Å². The van der Waals surface area contributed by atoms with Crippen LogP contribution in [0.25, 0.3) is 0 Å². The first kappa shape index (κ1) is 18.7. The molecule has 3 N–H and O–H groups in total. The van der Waals surface area contributed by atoms with Crippen molar-refractivity contribution in [1.82, 2.24) is 15.1 Å². The molecule has 2 atom stereocenters. The van der Waals surface area contributed by atoms with Gasteiger partial charge in [0.1, 0.15) is 0 Å². The fraction of sp³-hybridized carbons (Fsp3) is 0.227. The van der Waals surface area contributed by atoms with Crippen molar-refractivity contribution >= 4 is 23.4 Å². The number of hydrogen-bond acceptors (Lipinski definition) is 3. The predicted molar refractivity (Wildman–Crippen MR) is 112 cm³/mol. The van der Waals surface area contributed by atoms with Crippen molar-refractivity contribution in [3.63, 3.8) is 0 Å². The Balaban J connectivity index is 1.38. The summed E-state index contributed by atoms with van der Waals surface area (Å²) in [4.78, 5) is 23.8. The van der Waals surface area contributed by atoms with Crippen LogP contribution in [0, 0.1) is 0 Å². The van der Waals surface area contributed by atoms with E-state index >= 15 is 0 Å². The topological polar surface area (TPSA) is 88.0 Å². The molecule has 1 aliphatic rings. The van der Waals surface area contributed by atoms with Crippen LogP contribution < -0.4 is 16.0 Å². The van der Waals surface area contributed by atoms with Crippen LogP contribution in [0.4, 0.5) is 16.3 Å². The van der Waals surface area contributed by atoms with Crippen LogP contribution in [-0.4, -0.2) is 28.3 Å². The van der Waals surface area contributed by atoms with Gasteiger partial charge in [-0.05, 0) is 30.2 Å². The van der Waals surface area contributed by atoms with Gasteiger partial charge in [-0.2, -0.15) is 5.10 Å². The zero-order chi connectivity index (χ0) is 20.2. The van der Waals surface area contributed by atoms with Crippen molar-refractivity contribution < 1.29 is 9.59 Å². The molecule has 1 aliphatic heterocycles. The van der Waals surface area contributed by atoms with E-state index < -0.39 is 0 Å². The molecule has 0 saturated carbocycles. The zero-order valence-corrected chi connectivity index (χ0v) is 16.1. The Morgan fingerprint density at radius 2 is 1.97 bits per heavy atom. The molecule has 3 aromatic rings. The first-order valence-electron chi connectivity index (χ1n) is 9.63. The Morgan fingerprint density at radius 1 is 1.14 bits per heavy atom. The molecule has 0 radical (unpaired) electrons. The van der Waals surface area contributed by atoms with E-state index in [-0.39, 0.29) is 23.9 Å². The molecule has 4 rings (SSSR count). The van der Waals surface area contributed by atoms with Crippen LogP contribution in [0.1, 0.15) is 36.4 Å². The fourth-order valence-corrected chi connectivity index (χ4v) is 3.49. The summed E-state index contributed by atoms with van der Waals surface area (Å²) < 4.78 is 1.82. The molecule has 148 valence electrons. The average molecular weight is 389 g/mol. The zero-order valence-electron chi connectivity index (χ0n) is 16.1. The quantitative estimate of drug-likeness (QED) is 0.621. The molecule has 7 nitrogen and oxygen atoms in total. The molecular formula is C22H23N5O2. The number of nitrogens with one attached hydrogen (secondary N) is 3. The second kappa shape index (κ2) is 8.18. The largest absolute Gasteiger partial charge is 0.355 e. The highest BCUT2D eigenvalue weighted by Crippen LogP contribution is 2.25. The van der Waals surface area contributed by atoms with Crippen LogP contribution >= 0.6 is 0 Å². The monoisotopic (exact) mass is 389 g/mol. The van der Waals surface area contributed by atoms with E-state index in [0.29, 0.717) is 24.5 Å². The summed E-state index contributed by atoms with van der Waals surface area (Å²) in [6, 6.07) is 19.1. The Kier molecular flexibility index (Phi) is 5.29. The normalized spacial score (nSPS) is 16.9. The molecule has 1 fully saturated rings. The minimum absolute atomic E-state index is 0.0615. The second-order valence-electron chi connectivity index (χ2n) is 7.18. The first-order valence-corrected chi connectivity index (χ1v) is 9.63. The SMILES string of the molecule is CC(c1ccccc1)n1ccc(NC(=O)Nc2cccc(C3CNC(=O)C3)c2)n1. The maximum atomic E-state index is 12.4. The number of benzene rings is 2. The molecule has 1 aromatic heterocycles. The summed E-state index contributed by atoms with van der Waals surface area (Å²) in [5.74, 6) is 0.681. The van der Waals surface area contributed by atoms with Gasteiger partial charge in [0.2, 0.25) is 5.91 Å². The van der Waals surface area contributed by atoms with Gasteiger partial charge >= 0.3 is 6.03 Å². The van der Waals surface area contributed by atoms with Crippen molar-refractivity contribution in [2.45, 2.75) is 25.3 Å². The average Bonchev–Trinajstić information content (AvgIpc) is 3.37. The summed E-state index contributed by atoms with van der Waals surface area (Å²) in [5, 5.41) is 12.9. The van der Waals surface area contributed by atoms with Gasteiger partial charge in [-0.15, -0.1) is 0 Å². The van der Waals surface area contributed by atoms with Gasteiger partial charge in [-0.3, -0.25) is 14.8 Å². The maximum Gasteiger partial charge on any atom is 0.324 e. The number of nitrogens with zero attached hydrogens (tertiary/aromatic N) is 2. The molecule has 2 unspecified atom stereocenters. The minimum Gasteiger partial charge on any atom is -0.355 e. The lowest BCUT2D eigenvalue weighted by molar-refractivity contribution is -0.119. The van der Waals surface area contributed by atoms with E-state index in [9.17, 15) is 9.59 Å². The number of urea groups is 1. The summed E-state index contributed by atoms with van der Waals surface area (Å²) in [6.45, 7) is 2.69. The molecule has 0 spiro atoms. The Morgan fingerprint density at radius 3 is 2.72 bits per heavy atom. The van der Waals surface area contributed by atoms with Gasteiger partial charge in [0.25, 0.3) is 0 Å².